The first-order chi connectivity index (χ1) is 14.0. The molecule has 0 aliphatic heterocycles. The smallest absolute Gasteiger partial charge is 0.251 e. The summed E-state index contributed by atoms with van der Waals surface area (Å²) in [7, 11) is 3.16. The summed E-state index contributed by atoms with van der Waals surface area (Å²) in [6.45, 7) is 4.41. The van der Waals surface area contributed by atoms with Crippen LogP contribution < -0.4 is 19.5 Å². The first-order valence-corrected chi connectivity index (χ1v) is 9.15. The highest BCUT2D eigenvalue weighted by Crippen LogP contribution is 2.27. The summed E-state index contributed by atoms with van der Waals surface area (Å²) in [5.74, 6) is 2.40. The van der Waals surface area contributed by atoms with Crippen molar-refractivity contribution in [1.82, 2.24) is 10.5 Å². The quantitative estimate of drug-likeness (QED) is 0.623. The van der Waals surface area contributed by atoms with E-state index in [1.807, 2.05) is 38.1 Å². The summed E-state index contributed by atoms with van der Waals surface area (Å²) in [6.07, 6.45) is 0. The number of hydrogen-bond acceptors (Lipinski definition) is 6. The monoisotopic (exact) mass is 396 g/mol. The predicted molar refractivity (Wildman–Crippen MR) is 107 cm³/mol. The van der Waals surface area contributed by atoms with Gasteiger partial charge in [0.1, 0.15) is 18.1 Å². The van der Waals surface area contributed by atoms with Gasteiger partial charge >= 0.3 is 0 Å². The van der Waals surface area contributed by atoms with Crippen molar-refractivity contribution in [2.24, 2.45) is 0 Å². The van der Waals surface area contributed by atoms with Crippen LogP contribution in [0.3, 0.4) is 0 Å². The van der Waals surface area contributed by atoms with Crippen molar-refractivity contribution in [2.45, 2.75) is 27.0 Å². The van der Waals surface area contributed by atoms with Crippen molar-refractivity contribution in [2.75, 3.05) is 14.2 Å². The molecule has 29 heavy (non-hydrogen) atoms. The van der Waals surface area contributed by atoms with E-state index < -0.39 is 0 Å². The van der Waals surface area contributed by atoms with Gasteiger partial charge < -0.3 is 24.1 Å². The summed E-state index contributed by atoms with van der Waals surface area (Å²) in [5, 5.41) is 6.82. The lowest BCUT2D eigenvalue weighted by Crippen LogP contribution is -2.22. The Morgan fingerprint density at radius 3 is 2.55 bits per heavy atom. The first kappa shape index (κ1) is 20.3. The molecular formula is C22H24N2O5. The standard InChI is InChI=1S/C22H24N2O5/c1-14-19(15(2)29-24-14)13-28-18-7-5-6-17(11-18)22(25)23-12-16-8-9-20(26-3)21(10-16)27-4/h5-11H,12-13H2,1-4H3,(H,23,25). The third kappa shape index (κ3) is 4.87. The zero-order valence-electron chi connectivity index (χ0n) is 16.9. The van der Waals surface area contributed by atoms with Crippen LogP contribution in [0.2, 0.25) is 0 Å². The fourth-order valence-corrected chi connectivity index (χ4v) is 2.87. The lowest BCUT2D eigenvalue weighted by Gasteiger charge is -2.11. The number of ether oxygens (including phenoxy) is 3. The number of aromatic nitrogens is 1. The number of nitrogens with zero attached hydrogens (tertiary/aromatic N) is 1. The van der Waals surface area contributed by atoms with Crippen molar-refractivity contribution in [3.8, 4) is 17.2 Å². The molecule has 0 fully saturated rings. The molecular weight excluding hydrogens is 372 g/mol. The van der Waals surface area contributed by atoms with Crippen molar-refractivity contribution in [3.05, 3.63) is 70.6 Å². The van der Waals surface area contributed by atoms with Crippen molar-refractivity contribution in [1.29, 1.82) is 0 Å². The van der Waals surface area contributed by atoms with Crippen molar-refractivity contribution in [3.63, 3.8) is 0 Å². The molecule has 2 aromatic carbocycles. The Hall–Kier alpha value is -3.48. The maximum Gasteiger partial charge on any atom is 0.251 e. The van der Waals surface area contributed by atoms with Gasteiger partial charge in [-0.15, -0.1) is 0 Å². The van der Waals surface area contributed by atoms with E-state index in [2.05, 4.69) is 10.5 Å². The van der Waals surface area contributed by atoms with E-state index in [-0.39, 0.29) is 5.91 Å². The Bertz CT molecular complexity index is 977. The van der Waals surface area contributed by atoms with Gasteiger partial charge in [0.15, 0.2) is 11.5 Å². The van der Waals surface area contributed by atoms with Crippen molar-refractivity contribution >= 4 is 5.91 Å². The summed E-state index contributed by atoms with van der Waals surface area (Å²) in [6, 6.07) is 12.6. The van der Waals surface area contributed by atoms with Gasteiger partial charge in [0.2, 0.25) is 0 Å². The Morgan fingerprint density at radius 2 is 1.86 bits per heavy atom. The van der Waals surface area contributed by atoms with E-state index in [1.165, 1.54) is 0 Å². The average molecular weight is 396 g/mol. The number of rotatable bonds is 8. The van der Waals surface area contributed by atoms with Crippen LogP contribution in [0.25, 0.3) is 0 Å². The third-order valence-corrected chi connectivity index (χ3v) is 4.56. The molecule has 0 aliphatic rings. The molecule has 0 atom stereocenters. The average Bonchev–Trinajstić information content (AvgIpc) is 3.07. The van der Waals surface area contributed by atoms with E-state index in [4.69, 9.17) is 18.7 Å². The van der Waals surface area contributed by atoms with Crippen LogP contribution in [0.1, 0.15) is 32.9 Å². The van der Waals surface area contributed by atoms with Crippen LogP contribution >= 0.6 is 0 Å². The van der Waals surface area contributed by atoms with Crippen LogP contribution in [0.5, 0.6) is 17.2 Å². The minimum Gasteiger partial charge on any atom is -0.493 e. The first-order valence-electron chi connectivity index (χ1n) is 9.15. The lowest BCUT2D eigenvalue weighted by atomic mass is 10.1. The van der Waals surface area contributed by atoms with Crippen LogP contribution in [0.15, 0.2) is 47.0 Å². The summed E-state index contributed by atoms with van der Waals surface area (Å²) >= 11 is 0. The molecule has 1 aromatic heterocycles. The second-order valence-electron chi connectivity index (χ2n) is 6.49. The molecule has 152 valence electrons. The molecule has 0 saturated carbocycles. The van der Waals surface area contributed by atoms with Crippen LogP contribution in [0, 0.1) is 13.8 Å². The maximum atomic E-state index is 12.5. The SMILES string of the molecule is COc1ccc(CNC(=O)c2cccc(OCc3c(C)noc3C)c2)cc1OC. The van der Waals surface area contributed by atoms with Crippen LogP contribution in [0.4, 0.5) is 0 Å². The number of amides is 1. The predicted octanol–water partition coefficient (Wildman–Crippen LogP) is 3.82. The normalized spacial score (nSPS) is 10.5. The second kappa shape index (κ2) is 9.14. The van der Waals surface area contributed by atoms with Gasteiger partial charge in [-0.2, -0.15) is 0 Å². The third-order valence-electron chi connectivity index (χ3n) is 4.56. The molecule has 1 N–H and O–H groups in total. The number of hydrogen-bond donors (Lipinski definition) is 1. The topological polar surface area (TPSA) is 82.8 Å². The van der Waals surface area contributed by atoms with Crippen molar-refractivity contribution < 1.29 is 23.5 Å². The molecule has 3 rings (SSSR count). The van der Waals surface area contributed by atoms with Gasteiger partial charge in [0.05, 0.1) is 25.5 Å². The molecule has 0 aliphatic carbocycles. The van der Waals surface area contributed by atoms with E-state index in [0.29, 0.717) is 36.0 Å². The number of methoxy groups -OCH3 is 2. The highest BCUT2D eigenvalue weighted by molar-refractivity contribution is 5.94. The van der Waals surface area contributed by atoms with Gasteiger partial charge in [0, 0.05) is 12.1 Å². The molecule has 7 nitrogen and oxygen atoms in total. The van der Waals surface area contributed by atoms with Crippen LogP contribution in [-0.2, 0) is 13.2 Å². The highest BCUT2D eigenvalue weighted by Gasteiger charge is 2.11. The van der Waals surface area contributed by atoms with Gasteiger partial charge in [-0.3, -0.25) is 4.79 Å². The fraction of sp³-hybridized carbons (Fsp3) is 0.273. The number of aryl methyl sites for hydroxylation is 2. The number of nitrogens with one attached hydrogen (secondary N) is 1. The Labute approximate surface area is 169 Å². The van der Waals surface area contributed by atoms with Gasteiger partial charge in [-0.1, -0.05) is 17.3 Å². The van der Waals surface area contributed by atoms with Gasteiger partial charge in [-0.05, 0) is 49.7 Å². The fourth-order valence-electron chi connectivity index (χ4n) is 2.87. The molecule has 3 aromatic rings. The molecule has 0 unspecified atom stereocenters. The summed E-state index contributed by atoms with van der Waals surface area (Å²) < 4.78 is 21.5. The van der Waals surface area contributed by atoms with E-state index in [0.717, 1.165) is 22.6 Å². The Morgan fingerprint density at radius 1 is 1.07 bits per heavy atom. The van der Waals surface area contributed by atoms with Gasteiger partial charge in [-0.25, -0.2) is 0 Å². The molecule has 0 radical (unpaired) electrons. The zero-order valence-corrected chi connectivity index (χ0v) is 16.9. The number of benzene rings is 2. The van der Waals surface area contributed by atoms with Gasteiger partial charge in [0.25, 0.3) is 5.91 Å². The van der Waals surface area contributed by atoms with E-state index in [1.54, 1.807) is 32.4 Å². The molecule has 0 saturated heterocycles. The molecule has 0 spiro atoms. The zero-order chi connectivity index (χ0) is 20.8. The van der Waals surface area contributed by atoms with E-state index >= 15 is 0 Å². The Kier molecular flexibility index (Phi) is 6.39. The summed E-state index contributed by atoms with van der Waals surface area (Å²) in [4.78, 5) is 12.5. The lowest BCUT2D eigenvalue weighted by molar-refractivity contribution is 0.0950. The number of carbonyl (C=O) groups excluding carboxylic acids is 1. The second-order valence-corrected chi connectivity index (χ2v) is 6.49. The maximum absolute atomic E-state index is 12.5. The minimum absolute atomic E-state index is 0.192. The minimum atomic E-state index is -0.192. The van der Waals surface area contributed by atoms with Crippen LogP contribution in [-0.4, -0.2) is 25.3 Å². The van der Waals surface area contributed by atoms with E-state index in [9.17, 15) is 4.79 Å². The molecule has 1 amide bonds. The molecule has 1 heterocycles. The molecule has 0 bridgehead atoms. The largest absolute Gasteiger partial charge is 0.493 e. The highest BCUT2D eigenvalue weighted by atomic mass is 16.5. The Balaban J connectivity index is 1.62. The number of carbonyl (C=O) groups is 1. The molecule has 7 heteroatoms. The summed E-state index contributed by atoms with van der Waals surface area (Å²) in [5.41, 5.74) is 3.13.